The minimum absolute atomic E-state index is 0.186. The summed E-state index contributed by atoms with van der Waals surface area (Å²) in [6, 6.07) is 6.76. The van der Waals surface area contributed by atoms with Gasteiger partial charge in [0, 0.05) is 12.5 Å². The van der Waals surface area contributed by atoms with Crippen molar-refractivity contribution in [2.24, 2.45) is 5.73 Å². The number of ether oxygens (including phenoxy) is 1. The molecule has 4 nitrogen and oxygen atoms in total. The van der Waals surface area contributed by atoms with Gasteiger partial charge in [-0.05, 0) is 44.2 Å². The zero-order valence-electron chi connectivity index (χ0n) is 12.0. The van der Waals surface area contributed by atoms with Crippen LogP contribution in [0, 0.1) is 5.82 Å². The van der Waals surface area contributed by atoms with Gasteiger partial charge in [-0.3, -0.25) is 4.79 Å². The fourth-order valence-corrected chi connectivity index (χ4v) is 3.09. The Balaban J connectivity index is 1.72. The van der Waals surface area contributed by atoms with E-state index >= 15 is 0 Å². The number of primary amides is 1. The third kappa shape index (κ3) is 3.18. The number of halogens is 1. The molecular formula is C16H21FN2O2. The molecule has 2 fully saturated rings. The van der Waals surface area contributed by atoms with E-state index in [2.05, 4.69) is 5.32 Å². The topological polar surface area (TPSA) is 64.4 Å². The Hall–Kier alpha value is -1.62. The molecule has 0 spiro atoms. The summed E-state index contributed by atoms with van der Waals surface area (Å²) < 4.78 is 19.5. The first-order valence-corrected chi connectivity index (χ1v) is 7.58. The summed E-state index contributed by atoms with van der Waals surface area (Å²) in [5.74, 6) is -0.451. The third-order valence-corrected chi connectivity index (χ3v) is 4.37. The van der Waals surface area contributed by atoms with Crippen molar-refractivity contribution < 1.29 is 13.9 Å². The first-order chi connectivity index (χ1) is 10.1. The van der Waals surface area contributed by atoms with Gasteiger partial charge in [0.25, 0.3) is 0 Å². The largest absolute Gasteiger partial charge is 0.487 e. The van der Waals surface area contributed by atoms with Crippen LogP contribution in [0.1, 0.15) is 38.5 Å². The molecule has 2 aliphatic rings. The molecule has 21 heavy (non-hydrogen) atoms. The molecule has 1 aromatic rings. The number of hydrogen-bond acceptors (Lipinski definition) is 3. The quantitative estimate of drug-likeness (QED) is 0.873. The summed E-state index contributed by atoms with van der Waals surface area (Å²) in [6.07, 6.45) is 4.90. The van der Waals surface area contributed by atoms with Gasteiger partial charge in [-0.25, -0.2) is 4.39 Å². The molecule has 2 atom stereocenters. The highest BCUT2D eigenvalue weighted by atomic mass is 19.1. The lowest BCUT2D eigenvalue weighted by molar-refractivity contribution is -0.127. The maximum absolute atomic E-state index is 13.7. The molecule has 1 aromatic carbocycles. The number of hydrogen-bond donors (Lipinski definition) is 2. The van der Waals surface area contributed by atoms with Crippen molar-refractivity contribution in [2.75, 3.05) is 0 Å². The maximum atomic E-state index is 13.7. The second-order valence-electron chi connectivity index (χ2n) is 6.13. The molecule has 114 valence electrons. The van der Waals surface area contributed by atoms with E-state index in [0.29, 0.717) is 12.5 Å². The lowest BCUT2D eigenvalue weighted by Crippen LogP contribution is -2.60. The van der Waals surface area contributed by atoms with Gasteiger partial charge in [0.1, 0.15) is 11.6 Å². The molecule has 1 amide bonds. The van der Waals surface area contributed by atoms with Gasteiger partial charge in [0.15, 0.2) is 11.6 Å². The monoisotopic (exact) mass is 292 g/mol. The van der Waals surface area contributed by atoms with Crippen molar-refractivity contribution >= 4 is 5.91 Å². The van der Waals surface area contributed by atoms with Crippen LogP contribution in [0.3, 0.4) is 0 Å². The van der Waals surface area contributed by atoms with Crippen molar-refractivity contribution in [1.82, 2.24) is 5.32 Å². The molecule has 3 N–H and O–H groups in total. The summed E-state index contributed by atoms with van der Waals surface area (Å²) in [7, 11) is 0. The van der Waals surface area contributed by atoms with Crippen molar-refractivity contribution in [1.29, 1.82) is 0 Å². The standard InChI is InChI=1S/C16H21FN2O2/c17-13-5-1-2-6-14(13)21-12-4-3-9-16(10-12,15(18)20)19-11-7-8-11/h1-2,5-6,11-12,19H,3-4,7-10H2,(H2,18,20). The van der Waals surface area contributed by atoms with Gasteiger partial charge in [-0.15, -0.1) is 0 Å². The number of nitrogens with two attached hydrogens (primary N) is 1. The van der Waals surface area contributed by atoms with Crippen LogP contribution in [0.15, 0.2) is 24.3 Å². The number of benzene rings is 1. The summed E-state index contributed by atoms with van der Waals surface area (Å²) in [5.41, 5.74) is 4.93. The Morgan fingerprint density at radius 3 is 2.76 bits per heavy atom. The van der Waals surface area contributed by atoms with Crippen LogP contribution < -0.4 is 15.8 Å². The van der Waals surface area contributed by atoms with E-state index in [1.807, 2.05) is 0 Å². The SMILES string of the molecule is NC(=O)C1(NC2CC2)CCCC(Oc2ccccc2F)C1. The Morgan fingerprint density at radius 2 is 2.10 bits per heavy atom. The molecule has 2 unspecified atom stereocenters. The Bertz CT molecular complexity index is 533. The normalized spacial score (nSPS) is 29.1. The van der Waals surface area contributed by atoms with E-state index in [1.165, 1.54) is 6.07 Å². The number of para-hydroxylation sites is 1. The third-order valence-electron chi connectivity index (χ3n) is 4.37. The van der Waals surface area contributed by atoms with E-state index in [9.17, 15) is 9.18 Å². The lowest BCUT2D eigenvalue weighted by atomic mass is 9.79. The molecular weight excluding hydrogens is 271 g/mol. The van der Waals surface area contributed by atoms with E-state index in [-0.39, 0.29) is 23.6 Å². The molecule has 3 rings (SSSR count). The van der Waals surface area contributed by atoms with E-state index in [1.54, 1.807) is 18.2 Å². The second kappa shape index (κ2) is 5.64. The van der Waals surface area contributed by atoms with Crippen LogP contribution in [-0.2, 0) is 4.79 Å². The number of carbonyl (C=O) groups is 1. The molecule has 2 aliphatic carbocycles. The second-order valence-corrected chi connectivity index (χ2v) is 6.13. The van der Waals surface area contributed by atoms with Crippen LogP contribution in [-0.4, -0.2) is 23.6 Å². The van der Waals surface area contributed by atoms with Gasteiger partial charge < -0.3 is 15.8 Å². The fourth-order valence-electron chi connectivity index (χ4n) is 3.09. The molecule has 0 saturated heterocycles. The predicted octanol–water partition coefficient (Wildman–Crippen LogP) is 2.12. The number of rotatable bonds is 5. The van der Waals surface area contributed by atoms with Gasteiger partial charge >= 0.3 is 0 Å². The molecule has 2 saturated carbocycles. The van der Waals surface area contributed by atoms with E-state index < -0.39 is 5.54 Å². The molecule has 0 aliphatic heterocycles. The maximum Gasteiger partial charge on any atom is 0.237 e. The van der Waals surface area contributed by atoms with Crippen LogP contribution >= 0.6 is 0 Å². The van der Waals surface area contributed by atoms with Crippen LogP contribution in [0.5, 0.6) is 5.75 Å². The fraction of sp³-hybridized carbons (Fsp3) is 0.562. The average molecular weight is 292 g/mol. The van der Waals surface area contributed by atoms with Crippen molar-refractivity contribution in [3.63, 3.8) is 0 Å². The average Bonchev–Trinajstić information content (AvgIpc) is 3.25. The Morgan fingerprint density at radius 1 is 1.33 bits per heavy atom. The molecule has 0 aromatic heterocycles. The van der Waals surface area contributed by atoms with Crippen molar-refractivity contribution in [2.45, 2.75) is 56.2 Å². The van der Waals surface area contributed by atoms with E-state index in [0.717, 1.165) is 32.1 Å². The Labute approximate surface area is 123 Å². The first kappa shape index (κ1) is 14.3. The highest BCUT2D eigenvalue weighted by Crippen LogP contribution is 2.34. The van der Waals surface area contributed by atoms with Gasteiger partial charge in [0.2, 0.25) is 5.91 Å². The Kier molecular flexibility index (Phi) is 3.85. The van der Waals surface area contributed by atoms with E-state index in [4.69, 9.17) is 10.5 Å². The first-order valence-electron chi connectivity index (χ1n) is 7.58. The summed E-state index contributed by atoms with van der Waals surface area (Å²) in [6.45, 7) is 0. The smallest absolute Gasteiger partial charge is 0.237 e. The number of nitrogens with one attached hydrogen (secondary N) is 1. The van der Waals surface area contributed by atoms with Gasteiger partial charge in [-0.2, -0.15) is 0 Å². The highest BCUT2D eigenvalue weighted by molar-refractivity contribution is 5.85. The molecule has 0 heterocycles. The van der Waals surface area contributed by atoms with Gasteiger partial charge in [0.05, 0.1) is 0 Å². The lowest BCUT2D eigenvalue weighted by Gasteiger charge is -2.39. The zero-order valence-corrected chi connectivity index (χ0v) is 12.0. The molecule has 0 bridgehead atoms. The summed E-state index contributed by atoms with van der Waals surface area (Å²) in [4.78, 5) is 11.9. The van der Waals surface area contributed by atoms with Crippen molar-refractivity contribution in [3.8, 4) is 5.75 Å². The number of carbonyl (C=O) groups excluding carboxylic acids is 1. The molecule has 5 heteroatoms. The predicted molar refractivity (Wildman–Crippen MR) is 77.4 cm³/mol. The van der Waals surface area contributed by atoms with Gasteiger partial charge in [-0.1, -0.05) is 12.1 Å². The van der Waals surface area contributed by atoms with Crippen LogP contribution in [0.25, 0.3) is 0 Å². The summed E-state index contributed by atoms with van der Waals surface area (Å²) in [5, 5.41) is 3.39. The molecule has 0 radical (unpaired) electrons. The highest BCUT2D eigenvalue weighted by Gasteiger charge is 2.45. The van der Waals surface area contributed by atoms with Crippen molar-refractivity contribution in [3.05, 3.63) is 30.1 Å². The number of amides is 1. The minimum atomic E-state index is -0.699. The van der Waals surface area contributed by atoms with Crippen LogP contribution in [0.4, 0.5) is 4.39 Å². The summed E-state index contributed by atoms with van der Waals surface area (Å²) >= 11 is 0. The minimum Gasteiger partial charge on any atom is -0.487 e. The zero-order chi connectivity index (χ0) is 14.9. The van der Waals surface area contributed by atoms with Crippen LogP contribution in [0.2, 0.25) is 0 Å².